The van der Waals surface area contributed by atoms with Gasteiger partial charge in [-0.2, -0.15) is 11.8 Å². The summed E-state index contributed by atoms with van der Waals surface area (Å²) in [6, 6.07) is 5.01. The first-order valence-corrected chi connectivity index (χ1v) is 7.42. The summed E-state index contributed by atoms with van der Waals surface area (Å²) in [7, 11) is 0. The summed E-state index contributed by atoms with van der Waals surface area (Å²) in [5.74, 6) is -0.909. The largest absolute Gasteiger partial charge is 0.478 e. The zero-order valence-corrected chi connectivity index (χ0v) is 12.3. The molecule has 94 valence electrons. The topological polar surface area (TPSA) is 49.3 Å². The molecule has 0 aliphatic carbocycles. The highest BCUT2D eigenvalue weighted by atomic mass is 79.9. The maximum absolute atomic E-state index is 10.8. The Hall–Kier alpha value is -0.680. The maximum atomic E-state index is 10.8. The molecule has 0 saturated carbocycles. The number of carboxylic acid groups (broad SMARTS) is 1. The van der Waals surface area contributed by atoms with Crippen LogP contribution in [0.4, 0.5) is 5.69 Å². The van der Waals surface area contributed by atoms with Crippen LogP contribution in [0.2, 0.25) is 0 Å². The van der Waals surface area contributed by atoms with Gasteiger partial charge >= 0.3 is 5.97 Å². The van der Waals surface area contributed by atoms with E-state index in [4.69, 9.17) is 5.11 Å². The van der Waals surface area contributed by atoms with Gasteiger partial charge in [0.05, 0.1) is 5.56 Å². The van der Waals surface area contributed by atoms with Crippen LogP contribution in [-0.2, 0) is 0 Å². The zero-order valence-electron chi connectivity index (χ0n) is 9.87. The van der Waals surface area contributed by atoms with Crippen molar-refractivity contribution in [2.75, 3.05) is 18.1 Å². The third kappa shape index (κ3) is 4.60. The summed E-state index contributed by atoms with van der Waals surface area (Å²) in [5, 5.41) is 12.8. The number of anilines is 1. The number of nitrogens with one attached hydrogen (secondary N) is 1. The molecule has 1 unspecified atom stereocenters. The highest BCUT2D eigenvalue weighted by molar-refractivity contribution is 9.10. The van der Waals surface area contributed by atoms with Crippen molar-refractivity contribution < 1.29 is 9.90 Å². The average Bonchev–Trinajstić information content (AvgIpc) is 2.30. The molecule has 1 aromatic rings. The first kappa shape index (κ1) is 14.4. The third-order valence-corrected chi connectivity index (χ3v) is 4.18. The monoisotopic (exact) mass is 317 g/mol. The number of carboxylic acids is 1. The minimum absolute atomic E-state index is 0.292. The van der Waals surface area contributed by atoms with Gasteiger partial charge in [0.2, 0.25) is 0 Å². The zero-order chi connectivity index (χ0) is 12.8. The van der Waals surface area contributed by atoms with Gasteiger partial charge in [-0.15, -0.1) is 0 Å². The molecule has 0 spiro atoms. The lowest BCUT2D eigenvalue weighted by Gasteiger charge is -2.11. The molecule has 0 amide bonds. The van der Waals surface area contributed by atoms with Gasteiger partial charge in [0.15, 0.2) is 0 Å². The lowest BCUT2D eigenvalue weighted by Crippen LogP contribution is -2.08. The van der Waals surface area contributed by atoms with E-state index in [1.165, 1.54) is 0 Å². The normalized spacial score (nSPS) is 12.2. The van der Waals surface area contributed by atoms with Gasteiger partial charge in [0.1, 0.15) is 0 Å². The molecular weight excluding hydrogens is 302 g/mol. The van der Waals surface area contributed by atoms with Gasteiger partial charge in [0, 0.05) is 22.0 Å². The Kier molecular flexibility index (Phi) is 5.85. The summed E-state index contributed by atoms with van der Waals surface area (Å²) in [6.45, 7) is 3.07. The summed E-state index contributed by atoms with van der Waals surface area (Å²) in [5.41, 5.74) is 1.23. The van der Waals surface area contributed by atoms with Crippen LogP contribution in [0.25, 0.3) is 0 Å². The lowest BCUT2D eigenvalue weighted by atomic mass is 10.2. The molecule has 17 heavy (non-hydrogen) atoms. The van der Waals surface area contributed by atoms with Crippen molar-refractivity contribution in [3.8, 4) is 0 Å². The number of hydrogen-bond donors (Lipinski definition) is 2. The second kappa shape index (κ2) is 6.91. The molecule has 5 heteroatoms. The molecule has 0 saturated heterocycles. The lowest BCUT2D eigenvalue weighted by molar-refractivity contribution is 0.0697. The highest BCUT2D eigenvalue weighted by Crippen LogP contribution is 2.24. The molecular formula is C12H16BrNO2S. The number of aromatic carboxylic acids is 1. The standard InChI is InChI=1S/C12H16BrNO2S/c1-8(17-2)5-6-14-11-4-3-9(12(15)16)7-10(11)13/h3-4,7-8,14H,5-6H2,1-2H3,(H,15,16). The molecule has 1 atom stereocenters. The number of thioether (sulfide) groups is 1. The average molecular weight is 318 g/mol. The van der Waals surface area contributed by atoms with Crippen LogP contribution in [0.1, 0.15) is 23.7 Å². The summed E-state index contributed by atoms with van der Waals surface area (Å²) >= 11 is 5.21. The first-order chi connectivity index (χ1) is 8.04. The van der Waals surface area contributed by atoms with E-state index in [2.05, 4.69) is 34.4 Å². The number of carbonyl (C=O) groups is 1. The van der Waals surface area contributed by atoms with Crippen LogP contribution in [0.5, 0.6) is 0 Å². The van der Waals surface area contributed by atoms with E-state index in [1.807, 2.05) is 11.8 Å². The first-order valence-electron chi connectivity index (χ1n) is 5.34. The predicted octanol–water partition coefficient (Wildman–Crippen LogP) is 3.70. The fourth-order valence-electron chi connectivity index (χ4n) is 1.32. The molecule has 0 bridgehead atoms. The maximum Gasteiger partial charge on any atom is 0.335 e. The van der Waals surface area contributed by atoms with E-state index in [-0.39, 0.29) is 0 Å². The van der Waals surface area contributed by atoms with Gasteiger partial charge < -0.3 is 10.4 Å². The predicted molar refractivity (Wildman–Crippen MR) is 77.2 cm³/mol. The second-order valence-corrected chi connectivity index (χ2v) is 5.89. The number of rotatable bonds is 6. The molecule has 3 nitrogen and oxygen atoms in total. The van der Waals surface area contributed by atoms with Crippen molar-refractivity contribution in [1.29, 1.82) is 0 Å². The van der Waals surface area contributed by atoms with Crippen molar-refractivity contribution in [3.05, 3.63) is 28.2 Å². The molecule has 0 aromatic heterocycles. The molecule has 1 aromatic carbocycles. The van der Waals surface area contributed by atoms with Gasteiger partial charge in [-0.1, -0.05) is 6.92 Å². The second-order valence-electron chi connectivity index (χ2n) is 3.76. The molecule has 1 rings (SSSR count). The highest BCUT2D eigenvalue weighted by Gasteiger charge is 2.06. The van der Waals surface area contributed by atoms with Crippen LogP contribution in [0.15, 0.2) is 22.7 Å². The number of hydrogen-bond acceptors (Lipinski definition) is 3. The summed E-state index contributed by atoms with van der Waals surface area (Å²) in [6.07, 6.45) is 3.18. The summed E-state index contributed by atoms with van der Waals surface area (Å²) in [4.78, 5) is 10.8. The molecule has 0 aliphatic heterocycles. The van der Waals surface area contributed by atoms with Crippen molar-refractivity contribution in [3.63, 3.8) is 0 Å². The van der Waals surface area contributed by atoms with E-state index < -0.39 is 5.97 Å². The Bertz CT molecular complexity index is 398. The van der Waals surface area contributed by atoms with Crippen LogP contribution < -0.4 is 5.32 Å². The fourth-order valence-corrected chi connectivity index (χ4v) is 2.19. The Morgan fingerprint density at radius 3 is 2.82 bits per heavy atom. The minimum Gasteiger partial charge on any atom is -0.478 e. The van der Waals surface area contributed by atoms with Crippen molar-refractivity contribution in [2.45, 2.75) is 18.6 Å². The Balaban J connectivity index is 2.57. The van der Waals surface area contributed by atoms with E-state index in [0.717, 1.165) is 23.1 Å². The van der Waals surface area contributed by atoms with E-state index in [9.17, 15) is 4.79 Å². The molecule has 0 aliphatic rings. The molecule has 0 fully saturated rings. The Labute approximate surface area is 114 Å². The number of halogens is 1. The number of benzene rings is 1. The Morgan fingerprint density at radius 1 is 1.59 bits per heavy atom. The quantitative estimate of drug-likeness (QED) is 0.840. The van der Waals surface area contributed by atoms with Gasteiger partial charge in [-0.25, -0.2) is 4.79 Å². The van der Waals surface area contributed by atoms with Crippen molar-refractivity contribution >= 4 is 39.3 Å². The summed E-state index contributed by atoms with van der Waals surface area (Å²) < 4.78 is 0.786. The molecule has 0 radical (unpaired) electrons. The van der Waals surface area contributed by atoms with E-state index in [1.54, 1.807) is 18.2 Å². The van der Waals surface area contributed by atoms with Crippen LogP contribution in [-0.4, -0.2) is 29.1 Å². The fraction of sp³-hybridized carbons (Fsp3) is 0.417. The van der Waals surface area contributed by atoms with Crippen molar-refractivity contribution in [2.24, 2.45) is 0 Å². The van der Waals surface area contributed by atoms with Crippen LogP contribution in [0.3, 0.4) is 0 Å². The van der Waals surface area contributed by atoms with Crippen molar-refractivity contribution in [1.82, 2.24) is 0 Å². The molecule has 0 heterocycles. The SMILES string of the molecule is CSC(C)CCNc1ccc(C(=O)O)cc1Br. The van der Waals surface area contributed by atoms with Gasteiger partial charge in [-0.3, -0.25) is 0 Å². The van der Waals surface area contributed by atoms with E-state index in [0.29, 0.717) is 10.8 Å². The smallest absolute Gasteiger partial charge is 0.335 e. The van der Waals surface area contributed by atoms with E-state index >= 15 is 0 Å². The minimum atomic E-state index is -0.909. The third-order valence-electron chi connectivity index (χ3n) is 2.48. The van der Waals surface area contributed by atoms with Crippen LogP contribution >= 0.6 is 27.7 Å². The molecule has 2 N–H and O–H groups in total. The van der Waals surface area contributed by atoms with Gasteiger partial charge in [0.25, 0.3) is 0 Å². The Morgan fingerprint density at radius 2 is 2.29 bits per heavy atom. The van der Waals surface area contributed by atoms with Crippen LogP contribution in [0, 0.1) is 0 Å². The van der Waals surface area contributed by atoms with Gasteiger partial charge in [-0.05, 0) is 46.8 Å².